The molecule has 0 aromatic heterocycles. The van der Waals surface area contributed by atoms with Gasteiger partial charge in [-0.25, -0.2) is 4.79 Å². The molecule has 0 atom stereocenters. The summed E-state index contributed by atoms with van der Waals surface area (Å²) in [6.07, 6.45) is 0. The highest BCUT2D eigenvalue weighted by molar-refractivity contribution is 14.2. The van der Waals surface area contributed by atoms with E-state index in [-0.39, 0.29) is 11.9 Å². The Morgan fingerprint density at radius 2 is 1.73 bits per heavy atom. The Hall–Kier alpha value is 0.400. The highest BCUT2D eigenvalue weighted by Gasteiger charge is 2.50. The lowest BCUT2D eigenvalue weighted by atomic mass is 10.6. The molecular weight excluding hydrogens is 374 g/mol. The minimum absolute atomic E-state index is 0.175. The topological polar surface area (TPSA) is 40.6 Å². The van der Waals surface area contributed by atoms with E-state index in [1.54, 1.807) is 7.05 Å². The third-order valence-electron chi connectivity index (χ3n) is 1.56. The number of amides is 3. The van der Waals surface area contributed by atoms with Crippen LogP contribution in [0.4, 0.5) is 4.79 Å². The predicted octanol–water partition coefficient (Wildman–Crippen LogP) is 1.03. The van der Waals surface area contributed by atoms with Gasteiger partial charge in [0.05, 0.1) is 0 Å². The van der Waals surface area contributed by atoms with Crippen molar-refractivity contribution >= 4 is 57.1 Å². The number of imide groups is 1. The highest BCUT2D eigenvalue weighted by Crippen LogP contribution is 2.38. The van der Waals surface area contributed by atoms with Crippen molar-refractivity contribution < 1.29 is 9.59 Å². The van der Waals surface area contributed by atoms with Gasteiger partial charge in [0, 0.05) is 14.1 Å². The van der Waals surface area contributed by atoms with Gasteiger partial charge in [0.15, 0.2) is 0 Å². The second-order valence-electron chi connectivity index (χ2n) is 2.25. The number of alkyl halides is 2. The summed E-state index contributed by atoms with van der Waals surface area (Å²) in [5.74, 6) is -0.175. The molecule has 4 nitrogen and oxygen atoms in total. The maximum Gasteiger partial charge on any atom is 0.328 e. The summed E-state index contributed by atoms with van der Waals surface area (Å²) in [5, 5.41) is 0. The van der Waals surface area contributed by atoms with Crippen molar-refractivity contribution in [3.05, 3.63) is 0 Å². The van der Waals surface area contributed by atoms with Crippen LogP contribution in [-0.2, 0) is 4.79 Å². The van der Waals surface area contributed by atoms with Crippen LogP contribution in [0, 0.1) is 0 Å². The number of nitrogens with zero attached hydrogens (tertiary/aromatic N) is 2. The van der Waals surface area contributed by atoms with Gasteiger partial charge >= 0.3 is 6.03 Å². The zero-order valence-corrected chi connectivity index (χ0v) is 10.3. The van der Waals surface area contributed by atoms with Crippen LogP contribution in [0.5, 0.6) is 0 Å². The Balaban J connectivity index is 3.06. The van der Waals surface area contributed by atoms with E-state index >= 15 is 0 Å². The standard InChI is InChI=1S/C5H6I2N2O2/c1-8-3(10)5(6,7)9(2)4(8)11/h1-2H3. The highest BCUT2D eigenvalue weighted by atomic mass is 127. The second-order valence-corrected chi connectivity index (χ2v) is 7.43. The van der Waals surface area contributed by atoms with Crippen LogP contribution in [0.1, 0.15) is 0 Å². The molecule has 11 heavy (non-hydrogen) atoms. The molecule has 0 aromatic rings. The molecule has 0 saturated carbocycles. The molecule has 1 saturated heterocycles. The molecule has 1 fully saturated rings. The van der Waals surface area contributed by atoms with Gasteiger partial charge in [-0.15, -0.1) is 0 Å². The number of likely N-dealkylation sites (N-methyl/N-ethyl adjacent to an activating group) is 2. The number of hydrogen-bond acceptors (Lipinski definition) is 2. The molecule has 1 rings (SSSR count). The molecule has 0 aliphatic carbocycles. The first kappa shape index (κ1) is 9.49. The lowest BCUT2D eigenvalue weighted by molar-refractivity contribution is -0.125. The van der Waals surface area contributed by atoms with Crippen molar-refractivity contribution in [3.8, 4) is 0 Å². The van der Waals surface area contributed by atoms with Crippen molar-refractivity contribution in [1.29, 1.82) is 0 Å². The Morgan fingerprint density at radius 1 is 1.27 bits per heavy atom. The first-order valence-corrected chi connectivity index (χ1v) is 4.98. The van der Waals surface area contributed by atoms with E-state index in [1.165, 1.54) is 11.9 Å². The zero-order valence-electron chi connectivity index (χ0n) is 5.97. The van der Waals surface area contributed by atoms with Crippen molar-refractivity contribution in [3.63, 3.8) is 0 Å². The van der Waals surface area contributed by atoms with Crippen molar-refractivity contribution in [2.45, 2.75) is 1.55 Å². The normalized spacial score (nSPS) is 23.3. The van der Waals surface area contributed by atoms with E-state index in [4.69, 9.17) is 0 Å². The van der Waals surface area contributed by atoms with E-state index in [1.807, 2.05) is 45.2 Å². The monoisotopic (exact) mass is 380 g/mol. The maximum atomic E-state index is 11.3. The third kappa shape index (κ3) is 1.23. The van der Waals surface area contributed by atoms with Crippen LogP contribution in [0.15, 0.2) is 0 Å². The van der Waals surface area contributed by atoms with Crippen molar-refractivity contribution in [2.75, 3.05) is 14.1 Å². The lowest BCUT2D eigenvalue weighted by Gasteiger charge is -2.18. The van der Waals surface area contributed by atoms with Crippen LogP contribution in [0.3, 0.4) is 0 Å². The molecule has 1 aliphatic rings. The van der Waals surface area contributed by atoms with Gasteiger partial charge < -0.3 is 0 Å². The van der Waals surface area contributed by atoms with E-state index < -0.39 is 1.55 Å². The van der Waals surface area contributed by atoms with Crippen molar-refractivity contribution in [2.24, 2.45) is 0 Å². The number of carbonyl (C=O) groups excluding carboxylic acids is 2. The van der Waals surface area contributed by atoms with E-state index in [0.29, 0.717) is 0 Å². The molecule has 0 unspecified atom stereocenters. The minimum Gasteiger partial charge on any atom is -0.296 e. The Labute approximate surface area is 91.6 Å². The summed E-state index contributed by atoms with van der Waals surface area (Å²) in [4.78, 5) is 25.0. The lowest BCUT2D eigenvalue weighted by Crippen LogP contribution is -2.34. The maximum absolute atomic E-state index is 11.3. The SMILES string of the molecule is CN1C(=O)N(C)C(I)(I)C1=O. The zero-order chi connectivity index (χ0) is 8.81. The number of hydrogen-bond donors (Lipinski definition) is 0. The van der Waals surface area contributed by atoms with Crippen LogP contribution >= 0.6 is 45.2 Å². The van der Waals surface area contributed by atoms with E-state index in [0.717, 1.165) is 4.90 Å². The average molecular weight is 380 g/mol. The molecule has 1 heterocycles. The van der Waals surface area contributed by atoms with Crippen LogP contribution < -0.4 is 0 Å². The quantitative estimate of drug-likeness (QED) is 0.273. The van der Waals surface area contributed by atoms with Gasteiger partial charge in [0.25, 0.3) is 5.91 Å². The first-order valence-electron chi connectivity index (χ1n) is 2.83. The van der Waals surface area contributed by atoms with Gasteiger partial charge in [-0.3, -0.25) is 14.6 Å². The van der Waals surface area contributed by atoms with Gasteiger partial charge in [0.2, 0.25) is 1.55 Å². The Morgan fingerprint density at radius 3 is 1.82 bits per heavy atom. The molecule has 3 amide bonds. The molecule has 0 radical (unpaired) electrons. The number of carbonyl (C=O) groups is 2. The second kappa shape index (κ2) is 2.71. The van der Waals surface area contributed by atoms with Crippen LogP contribution in [0.25, 0.3) is 0 Å². The number of rotatable bonds is 0. The van der Waals surface area contributed by atoms with E-state index in [2.05, 4.69) is 0 Å². The van der Waals surface area contributed by atoms with Gasteiger partial charge in [0.1, 0.15) is 0 Å². The Kier molecular flexibility index (Phi) is 2.34. The first-order chi connectivity index (χ1) is 4.89. The predicted molar refractivity (Wildman–Crippen MR) is 56.7 cm³/mol. The minimum atomic E-state index is -0.735. The molecule has 0 aromatic carbocycles. The molecule has 0 spiro atoms. The van der Waals surface area contributed by atoms with Gasteiger partial charge in [-0.2, -0.15) is 0 Å². The van der Waals surface area contributed by atoms with Gasteiger partial charge in [-0.1, -0.05) is 0 Å². The smallest absolute Gasteiger partial charge is 0.296 e. The fraction of sp³-hybridized carbons (Fsp3) is 0.600. The van der Waals surface area contributed by atoms with Crippen LogP contribution in [0.2, 0.25) is 0 Å². The molecule has 62 valence electrons. The summed E-state index contributed by atoms with van der Waals surface area (Å²) in [6, 6.07) is -0.251. The van der Waals surface area contributed by atoms with E-state index in [9.17, 15) is 9.59 Å². The fourth-order valence-electron chi connectivity index (χ4n) is 0.777. The molecule has 6 heteroatoms. The summed E-state index contributed by atoms with van der Waals surface area (Å²) in [5.41, 5.74) is 0. The largest absolute Gasteiger partial charge is 0.328 e. The number of urea groups is 1. The fourth-order valence-corrected chi connectivity index (χ4v) is 1.91. The molecule has 0 N–H and O–H groups in total. The summed E-state index contributed by atoms with van der Waals surface area (Å²) in [7, 11) is 3.10. The van der Waals surface area contributed by atoms with Crippen LogP contribution in [-0.4, -0.2) is 37.4 Å². The number of halogens is 2. The van der Waals surface area contributed by atoms with Gasteiger partial charge in [-0.05, 0) is 45.2 Å². The molecule has 1 aliphatic heterocycles. The molecule has 0 bridgehead atoms. The Bertz CT molecular complexity index is 229. The van der Waals surface area contributed by atoms with Crippen molar-refractivity contribution in [1.82, 2.24) is 9.80 Å². The summed E-state index contributed by atoms with van der Waals surface area (Å²) >= 11 is 3.90. The summed E-state index contributed by atoms with van der Waals surface area (Å²) < 4.78 is -0.735. The average Bonchev–Trinajstić information content (AvgIpc) is 2.06. The molecular formula is C5H6I2N2O2. The summed E-state index contributed by atoms with van der Waals surface area (Å²) in [6.45, 7) is 0. The third-order valence-corrected chi connectivity index (χ3v) is 3.93.